The van der Waals surface area contributed by atoms with Crippen molar-refractivity contribution in [2.24, 2.45) is 0 Å². The lowest BCUT2D eigenvalue weighted by Crippen LogP contribution is -2.50. The van der Waals surface area contributed by atoms with Crippen molar-refractivity contribution in [2.45, 2.75) is 84.0 Å². The van der Waals surface area contributed by atoms with Crippen molar-refractivity contribution in [1.82, 2.24) is 20.6 Å². The predicted molar refractivity (Wildman–Crippen MR) is 163 cm³/mol. The van der Waals surface area contributed by atoms with Gasteiger partial charge in [0.25, 0.3) is 0 Å². The highest BCUT2D eigenvalue weighted by Gasteiger charge is 2.27. The van der Waals surface area contributed by atoms with Crippen LogP contribution in [0.2, 0.25) is 10.0 Å². The maximum atomic E-state index is 12.7. The molecule has 2 aromatic heterocycles. The molecule has 1 aromatic carbocycles. The molecule has 0 spiro atoms. The molecular weight excluding hydrogens is 581 g/mol. The molecule has 1 unspecified atom stereocenters. The molecular formula is C30H35Cl2N5O5. The fourth-order valence-corrected chi connectivity index (χ4v) is 5.30. The molecule has 1 atom stereocenters. The summed E-state index contributed by atoms with van der Waals surface area (Å²) in [7, 11) is 0. The highest BCUT2D eigenvalue weighted by atomic mass is 35.5. The van der Waals surface area contributed by atoms with Gasteiger partial charge in [-0.2, -0.15) is 0 Å². The Kier molecular flexibility index (Phi) is 9.47. The van der Waals surface area contributed by atoms with E-state index in [4.69, 9.17) is 32.9 Å². The van der Waals surface area contributed by atoms with Gasteiger partial charge in [0, 0.05) is 23.8 Å². The molecule has 0 saturated heterocycles. The Labute approximate surface area is 254 Å². The van der Waals surface area contributed by atoms with Crippen molar-refractivity contribution in [3.05, 3.63) is 46.1 Å². The number of pyridine rings is 2. The van der Waals surface area contributed by atoms with Crippen molar-refractivity contribution in [2.75, 3.05) is 5.32 Å². The number of amides is 2. The summed E-state index contributed by atoms with van der Waals surface area (Å²) in [6, 6.07) is 5.97. The minimum atomic E-state index is -0.740. The third-order valence-corrected chi connectivity index (χ3v) is 7.53. The molecule has 1 saturated carbocycles. The average Bonchev–Trinajstić information content (AvgIpc) is 2.91. The second kappa shape index (κ2) is 12.7. The average molecular weight is 617 g/mol. The van der Waals surface area contributed by atoms with Crippen LogP contribution in [-0.2, 0) is 9.53 Å². The molecule has 1 aliphatic rings. The molecule has 0 radical (unpaired) electrons. The summed E-state index contributed by atoms with van der Waals surface area (Å²) in [6.07, 6.45) is 3.81. The monoisotopic (exact) mass is 615 g/mol. The largest absolute Gasteiger partial charge is 0.505 e. The Morgan fingerprint density at radius 1 is 1.05 bits per heavy atom. The van der Waals surface area contributed by atoms with E-state index in [1.165, 1.54) is 6.92 Å². The smallest absolute Gasteiger partial charge is 0.408 e. The van der Waals surface area contributed by atoms with Gasteiger partial charge in [-0.1, -0.05) is 23.2 Å². The topological polar surface area (TPSA) is 143 Å². The molecule has 3 aromatic rings. The summed E-state index contributed by atoms with van der Waals surface area (Å²) in [4.78, 5) is 46.5. The first-order chi connectivity index (χ1) is 19.7. The zero-order valence-corrected chi connectivity index (χ0v) is 25.7. The fourth-order valence-electron chi connectivity index (χ4n) is 4.82. The van der Waals surface area contributed by atoms with Gasteiger partial charge >= 0.3 is 6.09 Å². The first-order valence-electron chi connectivity index (χ1n) is 13.8. The number of nitrogens with one attached hydrogen (secondary N) is 3. The Bertz CT molecular complexity index is 1490. The second-order valence-corrected chi connectivity index (χ2v) is 12.3. The van der Waals surface area contributed by atoms with E-state index in [0.717, 1.165) is 12.8 Å². The molecule has 4 N–H and O–H groups in total. The van der Waals surface area contributed by atoms with Crippen LogP contribution in [0.4, 0.5) is 10.5 Å². The number of aromatic nitrogens is 2. The van der Waals surface area contributed by atoms with Crippen molar-refractivity contribution in [3.63, 3.8) is 0 Å². The predicted octanol–water partition coefficient (Wildman–Crippen LogP) is 6.26. The number of Topliss-reactive ketones (excluding diaryl/α,β-unsaturated/α-hetero) is 1. The van der Waals surface area contributed by atoms with Crippen LogP contribution in [0.5, 0.6) is 5.75 Å². The Hall–Kier alpha value is -3.63. The highest BCUT2D eigenvalue weighted by molar-refractivity contribution is 6.37. The van der Waals surface area contributed by atoms with Gasteiger partial charge in [-0.15, -0.1) is 0 Å². The number of carbonyl (C=O) groups excluding carboxylic acids is 3. The van der Waals surface area contributed by atoms with E-state index in [9.17, 15) is 19.5 Å². The number of fused-ring (bicyclic) bond motifs is 1. The van der Waals surface area contributed by atoms with E-state index in [2.05, 4.69) is 20.9 Å². The number of anilines is 1. The number of rotatable bonds is 7. The van der Waals surface area contributed by atoms with E-state index >= 15 is 0 Å². The first kappa shape index (κ1) is 31.3. The summed E-state index contributed by atoms with van der Waals surface area (Å²) in [5.74, 6) is -0.629. The van der Waals surface area contributed by atoms with Gasteiger partial charge in [0.1, 0.15) is 17.2 Å². The zero-order valence-electron chi connectivity index (χ0n) is 24.2. The van der Waals surface area contributed by atoms with Crippen molar-refractivity contribution in [3.8, 4) is 17.0 Å². The summed E-state index contributed by atoms with van der Waals surface area (Å²) < 4.78 is 5.23. The van der Waals surface area contributed by atoms with E-state index in [0.29, 0.717) is 46.4 Å². The molecule has 224 valence electrons. The number of halogens is 2. The van der Waals surface area contributed by atoms with E-state index in [-0.39, 0.29) is 39.6 Å². The summed E-state index contributed by atoms with van der Waals surface area (Å²) >= 11 is 12.3. The lowest BCUT2D eigenvalue weighted by Gasteiger charge is -2.31. The van der Waals surface area contributed by atoms with Gasteiger partial charge in [0.2, 0.25) is 5.91 Å². The van der Waals surface area contributed by atoms with Crippen LogP contribution >= 0.6 is 23.2 Å². The van der Waals surface area contributed by atoms with Crippen LogP contribution in [-0.4, -0.2) is 56.6 Å². The second-order valence-electron chi connectivity index (χ2n) is 11.5. The number of nitrogens with zero attached hydrogens (tertiary/aromatic N) is 2. The summed E-state index contributed by atoms with van der Waals surface area (Å²) in [5, 5.41) is 19.3. The van der Waals surface area contributed by atoms with Crippen molar-refractivity contribution in [1.29, 1.82) is 0 Å². The molecule has 2 heterocycles. The number of hydrogen-bond donors (Lipinski definition) is 4. The number of hydrogen-bond acceptors (Lipinski definition) is 8. The minimum absolute atomic E-state index is 0.0298. The lowest BCUT2D eigenvalue weighted by molar-refractivity contribution is -0.123. The number of aromatic hydroxyl groups is 1. The van der Waals surface area contributed by atoms with E-state index in [1.54, 1.807) is 58.2 Å². The number of ketones is 1. The molecule has 42 heavy (non-hydrogen) atoms. The number of phenols is 1. The van der Waals surface area contributed by atoms with E-state index in [1.807, 2.05) is 0 Å². The first-order valence-corrected chi connectivity index (χ1v) is 14.5. The van der Waals surface area contributed by atoms with Gasteiger partial charge in [0.15, 0.2) is 11.5 Å². The number of carbonyl (C=O) groups is 3. The summed E-state index contributed by atoms with van der Waals surface area (Å²) in [5.41, 5.74) is 2.65. The highest BCUT2D eigenvalue weighted by Crippen LogP contribution is 2.37. The Morgan fingerprint density at radius 3 is 2.26 bits per heavy atom. The summed E-state index contributed by atoms with van der Waals surface area (Å²) in [6.45, 7) is 8.37. The molecule has 2 amide bonds. The van der Waals surface area contributed by atoms with Crippen LogP contribution < -0.4 is 16.0 Å². The van der Waals surface area contributed by atoms with Crippen LogP contribution in [0.1, 0.15) is 70.7 Å². The van der Waals surface area contributed by atoms with Crippen molar-refractivity contribution >= 4 is 57.7 Å². The molecule has 12 heteroatoms. The minimum Gasteiger partial charge on any atom is -0.505 e. The van der Waals surface area contributed by atoms with Gasteiger partial charge in [-0.05, 0) is 84.6 Å². The molecule has 4 rings (SSSR count). The molecule has 10 nitrogen and oxygen atoms in total. The maximum absolute atomic E-state index is 12.7. The molecule has 1 aliphatic carbocycles. The third kappa shape index (κ3) is 7.60. The van der Waals surface area contributed by atoms with Crippen molar-refractivity contribution < 1.29 is 24.2 Å². The molecule has 0 aliphatic heterocycles. The normalized spacial score (nSPS) is 17.8. The van der Waals surface area contributed by atoms with Crippen LogP contribution in [0.15, 0.2) is 30.5 Å². The number of ether oxygens (including phenoxy) is 1. The van der Waals surface area contributed by atoms with Crippen LogP contribution in [0.3, 0.4) is 0 Å². The maximum Gasteiger partial charge on any atom is 0.408 e. The van der Waals surface area contributed by atoms with Crippen LogP contribution in [0, 0.1) is 0 Å². The number of alkyl carbamates (subject to hydrolysis) is 1. The van der Waals surface area contributed by atoms with E-state index < -0.39 is 17.7 Å². The standard InChI is InChI=1S/C30H35Cl2N5O5/c1-15(34-29(41)42-30(3,4)5)28(40)36-19-8-6-18(7-9-19)35-25-20(16(2)38)14-33-24-11-10-23(37-26(24)25)17-12-21(31)27(39)22(32)13-17/h10-15,18-19,39H,6-9H2,1-5H3,(H,33,35)(H,34,41)(H,36,40)/t15?,18-,19-. The van der Waals surface area contributed by atoms with Gasteiger partial charge < -0.3 is 25.8 Å². The molecule has 0 bridgehead atoms. The van der Waals surface area contributed by atoms with Gasteiger partial charge in [-0.25, -0.2) is 9.78 Å². The Balaban J connectivity index is 1.47. The van der Waals surface area contributed by atoms with Gasteiger partial charge in [0.05, 0.1) is 32.5 Å². The SMILES string of the molecule is CC(=O)c1cnc2ccc(-c3cc(Cl)c(O)c(Cl)c3)nc2c1N[C@H]1CC[C@H](NC(=O)C(C)NC(=O)OC(C)(C)C)CC1. The number of benzene rings is 1. The van der Waals surface area contributed by atoms with Crippen LogP contribution in [0.25, 0.3) is 22.3 Å². The lowest BCUT2D eigenvalue weighted by atomic mass is 9.90. The molecule has 1 fully saturated rings. The quantitative estimate of drug-likeness (QED) is 0.228. The van der Waals surface area contributed by atoms with Gasteiger partial charge in [-0.3, -0.25) is 14.6 Å². The number of phenolic OH excluding ortho intramolecular Hbond substituents is 1. The zero-order chi connectivity index (χ0) is 30.8. The Morgan fingerprint density at radius 2 is 1.67 bits per heavy atom. The third-order valence-electron chi connectivity index (χ3n) is 6.95. The fraction of sp³-hybridized carbons (Fsp3) is 0.433.